The lowest BCUT2D eigenvalue weighted by Gasteiger charge is -2.35. The second-order valence-electron chi connectivity index (χ2n) is 10.3. The summed E-state index contributed by atoms with van der Waals surface area (Å²) in [5.41, 5.74) is 0.923. The Hall–Kier alpha value is -3.53. The number of rotatable bonds is 13. The van der Waals surface area contributed by atoms with Crippen molar-refractivity contribution in [2.45, 2.75) is 63.5 Å². The van der Waals surface area contributed by atoms with Crippen LogP contribution in [0.2, 0.25) is 0 Å². The summed E-state index contributed by atoms with van der Waals surface area (Å²) >= 11 is 0. The number of ether oxygens (including phenoxy) is 1. The first-order chi connectivity index (χ1) is 18.5. The van der Waals surface area contributed by atoms with E-state index in [1.165, 1.54) is 18.5 Å². The van der Waals surface area contributed by atoms with Crippen LogP contribution >= 0.6 is 0 Å². The largest absolute Gasteiger partial charge is 0.490 e. The zero-order valence-electron chi connectivity index (χ0n) is 21.6. The van der Waals surface area contributed by atoms with E-state index in [-0.39, 0.29) is 41.5 Å². The van der Waals surface area contributed by atoms with Gasteiger partial charge < -0.3 is 24.4 Å². The number of carbonyl (C=O) groups is 2. The van der Waals surface area contributed by atoms with Crippen LogP contribution in [0.25, 0.3) is 11.3 Å². The molecular formula is C28H34FN5O4. The number of nitrogens with one attached hydrogen (secondary N) is 2. The van der Waals surface area contributed by atoms with Gasteiger partial charge in [-0.1, -0.05) is 12.8 Å². The SMILES string of the molecule is CN1CC(C(=O)N[C@@H](CCCCCC(=O)c2ncco2)c2ncc(-c3cc(OC4CCC4)ccc3F)[nH]2)C1. The molecule has 1 aromatic carbocycles. The van der Waals surface area contributed by atoms with E-state index in [2.05, 4.69) is 25.2 Å². The molecule has 1 saturated heterocycles. The molecule has 0 bridgehead atoms. The zero-order chi connectivity index (χ0) is 26.5. The molecule has 2 aromatic heterocycles. The van der Waals surface area contributed by atoms with Crippen molar-refractivity contribution in [3.63, 3.8) is 0 Å². The highest BCUT2D eigenvalue weighted by atomic mass is 19.1. The van der Waals surface area contributed by atoms with Gasteiger partial charge in [0, 0.05) is 25.1 Å². The minimum absolute atomic E-state index is 0.00722. The molecule has 5 rings (SSSR count). The molecule has 2 fully saturated rings. The van der Waals surface area contributed by atoms with E-state index in [9.17, 15) is 14.0 Å². The molecule has 3 heterocycles. The molecule has 1 saturated carbocycles. The number of unbranched alkanes of at least 4 members (excludes halogenated alkanes) is 2. The minimum atomic E-state index is -0.366. The molecule has 1 aliphatic heterocycles. The number of oxazole rings is 1. The monoisotopic (exact) mass is 523 g/mol. The number of benzene rings is 1. The van der Waals surface area contributed by atoms with Gasteiger partial charge in [-0.2, -0.15) is 0 Å². The molecule has 2 aliphatic rings. The highest BCUT2D eigenvalue weighted by molar-refractivity contribution is 5.91. The van der Waals surface area contributed by atoms with Crippen LogP contribution in [0, 0.1) is 11.7 Å². The van der Waals surface area contributed by atoms with Gasteiger partial charge in [-0.3, -0.25) is 9.59 Å². The quantitative estimate of drug-likeness (QED) is 0.247. The summed E-state index contributed by atoms with van der Waals surface area (Å²) < 4.78 is 25.8. The summed E-state index contributed by atoms with van der Waals surface area (Å²) in [7, 11) is 1.98. The lowest BCUT2D eigenvalue weighted by atomic mass is 9.96. The van der Waals surface area contributed by atoms with Gasteiger partial charge in [0.1, 0.15) is 23.7 Å². The lowest BCUT2D eigenvalue weighted by Crippen LogP contribution is -2.52. The number of ketones is 1. The van der Waals surface area contributed by atoms with E-state index in [0.29, 0.717) is 42.1 Å². The van der Waals surface area contributed by atoms with Crippen LogP contribution in [0.5, 0.6) is 5.75 Å². The van der Waals surface area contributed by atoms with Crippen LogP contribution in [-0.4, -0.2) is 57.8 Å². The second kappa shape index (κ2) is 11.9. The summed E-state index contributed by atoms with van der Waals surface area (Å²) in [5.74, 6) is 0.825. The number of halogens is 1. The third kappa shape index (κ3) is 6.30. The summed E-state index contributed by atoms with van der Waals surface area (Å²) in [6.07, 6.45) is 11.1. The third-order valence-electron chi connectivity index (χ3n) is 7.33. The summed E-state index contributed by atoms with van der Waals surface area (Å²) in [4.78, 5) is 38.7. The van der Waals surface area contributed by atoms with Crippen molar-refractivity contribution in [3.8, 4) is 17.0 Å². The molecule has 9 nitrogen and oxygen atoms in total. The molecule has 38 heavy (non-hydrogen) atoms. The van der Waals surface area contributed by atoms with Gasteiger partial charge in [-0.15, -0.1) is 0 Å². The molecule has 10 heteroatoms. The van der Waals surface area contributed by atoms with Gasteiger partial charge in [0.05, 0.1) is 36.2 Å². The average Bonchev–Trinajstić information content (AvgIpc) is 3.57. The predicted octanol–water partition coefficient (Wildman–Crippen LogP) is 4.69. The van der Waals surface area contributed by atoms with Gasteiger partial charge in [-0.25, -0.2) is 14.4 Å². The van der Waals surface area contributed by atoms with E-state index < -0.39 is 0 Å². The molecular weight excluding hydrogens is 489 g/mol. The van der Waals surface area contributed by atoms with Crippen LogP contribution in [0.15, 0.2) is 41.3 Å². The highest BCUT2D eigenvalue weighted by Gasteiger charge is 2.32. The maximum Gasteiger partial charge on any atom is 0.263 e. The Labute approximate surface area is 221 Å². The number of nitrogens with zero attached hydrogens (tertiary/aromatic N) is 3. The van der Waals surface area contributed by atoms with E-state index in [1.807, 2.05) is 7.05 Å². The fourth-order valence-corrected chi connectivity index (χ4v) is 4.83. The van der Waals surface area contributed by atoms with Crippen molar-refractivity contribution in [1.29, 1.82) is 0 Å². The Kier molecular flexibility index (Phi) is 8.17. The Balaban J connectivity index is 1.23. The number of hydrogen-bond acceptors (Lipinski definition) is 7. The molecule has 1 amide bonds. The van der Waals surface area contributed by atoms with Crippen LogP contribution < -0.4 is 10.1 Å². The number of aromatic nitrogens is 3. The molecule has 202 valence electrons. The topological polar surface area (TPSA) is 113 Å². The van der Waals surface area contributed by atoms with Crippen LogP contribution in [0.4, 0.5) is 4.39 Å². The maximum absolute atomic E-state index is 14.7. The minimum Gasteiger partial charge on any atom is -0.490 e. The molecule has 0 unspecified atom stereocenters. The van der Waals surface area contributed by atoms with Crippen LogP contribution in [0.3, 0.4) is 0 Å². The zero-order valence-corrected chi connectivity index (χ0v) is 21.6. The molecule has 3 aromatic rings. The van der Waals surface area contributed by atoms with Gasteiger partial charge in [-0.05, 0) is 57.4 Å². The van der Waals surface area contributed by atoms with E-state index >= 15 is 0 Å². The second-order valence-corrected chi connectivity index (χ2v) is 10.3. The number of aromatic amines is 1. The number of hydrogen-bond donors (Lipinski definition) is 2. The van der Waals surface area contributed by atoms with Crippen LogP contribution in [0.1, 0.15) is 73.9 Å². The first-order valence-corrected chi connectivity index (χ1v) is 13.4. The van der Waals surface area contributed by atoms with Crippen molar-refractivity contribution in [3.05, 3.63) is 54.4 Å². The summed E-state index contributed by atoms with van der Waals surface area (Å²) in [6.45, 7) is 1.45. The standard InChI is InChI=1S/C28H34FN5O4/c1-34-16-18(17-34)27(36)33-23(8-3-2-4-9-25(35)28-30-12-13-37-28)26-31-15-24(32-26)21-14-20(10-11-22(21)29)38-19-6-5-7-19/h10-15,18-19,23H,2-9,16-17H2,1H3,(H,31,32)(H,33,36)/t23-/m0/s1. The first-order valence-electron chi connectivity index (χ1n) is 13.4. The average molecular weight is 524 g/mol. The number of H-pyrrole nitrogens is 1. The Morgan fingerprint density at radius 2 is 2.08 bits per heavy atom. The molecule has 2 N–H and O–H groups in total. The van der Waals surface area contributed by atoms with Gasteiger partial charge in [0.2, 0.25) is 11.7 Å². The van der Waals surface area contributed by atoms with Gasteiger partial charge in [0.15, 0.2) is 0 Å². The highest BCUT2D eigenvalue weighted by Crippen LogP contribution is 2.31. The molecule has 1 atom stereocenters. The molecule has 0 radical (unpaired) electrons. The van der Waals surface area contributed by atoms with Crippen molar-refractivity contribution in [1.82, 2.24) is 25.2 Å². The van der Waals surface area contributed by atoms with Crippen molar-refractivity contribution < 1.29 is 23.1 Å². The fourth-order valence-electron chi connectivity index (χ4n) is 4.83. The van der Waals surface area contributed by atoms with Crippen LogP contribution in [-0.2, 0) is 4.79 Å². The Morgan fingerprint density at radius 3 is 2.79 bits per heavy atom. The smallest absolute Gasteiger partial charge is 0.263 e. The number of Topliss-reactive ketones (excluding diaryl/α,β-unsaturated/α-hetero) is 1. The first kappa shape index (κ1) is 26.1. The van der Waals surface area contributed by atoms with E-state index in [4.69, 9.17) is 9.15 Å². The number of carbonyl (C=O) groups excluding carboxylic acids is 2. The Bertz CT molecular complexity index is 1230. The summed E-state index contributed by atoms with van der Waals surface area (Å²) in [5, 5.41) is 3.14. The maximum atomic E-state index is 14.7. The fraction of sp³-hybridized carbons (Fsp3) is 0.500. The number of likely N-dealkylation sites (tertiary alicyclic amines) is 1. The number of amides is 1. The normalized spacial score (nSPS) is 17.0. The Morgan fingerprint density at radius 1 is 1.24 bits per heavy atom. The lowest BCUT2D eigenvalue weighted by molar-refractivity contribution is -0.130. The van der Waals surface area contributed by atoms with Crippen molar-refractivity contribution in [2.75, 3.05) is 20.1 Å². The van der Waals surface area contributed by atoms with Gasteiger partial charge in [0.25, 0.3) is 5.89 Å². The van der Waals surface area contributed by atoms with E-state index in [0.717, 1.165) is 45.2 Å². The molecule has 1 aliphatic carbocycles. The van der Waals surface area contributed by atoms with Crippen molar-refractivity contribution in [2.24, 2.45) is 5.92 Å². The predicted molar refractivity (Wildman–Crippen MR) is 138 cm³/mol. The van der Waals surface area contributed by atoms with E-state index in [1.54, 1.807) is 18.3 Å². The van der Waals surface area contributed by atoms with Gasteiger partial charge >= 0.3 is 0 Å². The van der Waals surface area contributed by atoms with Crippen molar-refractivity contribution >= 4 is 11.7 Å². The number of imidazole rings is 1. The molecule has 0 spiro atoms. The summed E-state index contributed by atoms with van der Waals surface area (Å²) in [6, 6.07) is 4.42. The third-order valence-corrected chi connectivity index (χ3v) is 7.33.